The molecular weight excluding hydrogens is 568 g/mol. The molecule has 0 aliphatic heterocycles. The lowest BCUT2D eigenvalue weighted by Crippen LogP contribution is -2.00. The maximum absolute atomic E-state index is 6.54. The van der Waals surface area contributed by atoms with Crippen LogP contribution in [0.1, 0.15) is 0 Å². The molecule has 0 aliphatic carbocycles. The summed E-state index contributed by atoms with van der Waals surface area (Å²) in [5, 5.41) is 7.27. The first-order valence-electron chi connectivity index (χ1n) is 15.1. The highest BCUT2D eigenvalue weighted by Gasteiger charge is 2.21. The maximum Gasteiger partial charge on any atom is 0.167 e. The molecule has 0 radical (unpaired) electrons. The summed E-state index contributed by atoms with van der Waals surface area (Å²) < 4.78 is 12.7. The van der Waals surface area contributed by atoms with Crippen molar-refractivity contribution < 1.29 is 8.83 Å². The Morgan fingerprint density at radius 3 is 1.96 bits per heavy atom. The Bertz CT molecular complexity index is 2830. The highest BCUT2D eigenvalue weighted by atomic mass is 16.3. The van der Waals surface area contributed by atoms with Crippen LogP contribution in [0.3, 0.4) is 0 Å². The van der Waals surface area contributed by atoms with E-state index in [1.54, 1.807) is 0 Å². The average molecular weight is 591 g/mol. The van der Waals surface area contributed by atoms with Crippen molar-refractivity contribution in [1.29, 1.82) is 0 Å². The van der Waals surface area contributed by atoms with E-state index >= 15 is 0 Å². The quantitative estimate of drug-likeness (QED) is 0.204. The van der Waals surface area contributed by atoms with Gasteiger partial charge in [0.25, 0.3) is 0 Å². The van der Waals surface area contributed by atoms with Crippen LogP contribution in [0.25, 0.3) is 99.7 Å². The highest BCUT2D eigenvalue weighted by molar-refractivity contribution is 6.21. The van der Waals surface area contributed by atoms with Crippen molar-refractivity contribution in [3.63, 3.8) is 0 Å². The van der Waals surface area contributed by atoms with E-state index in [2.05, 4.69) is 60.7 Å². The summed E-state index contributed by atoms with van der Waals surface area (Å²) in [6.07, 6.45) is 1.82. The van der Waals surface area contributed by atoms with Gasteiger partial charge >= 0.3 is 0 Å². The summed E-state index contributed by atoms with van der Waals surface area (Å²) in [5.41, 5.74) is 6.60. The van der Waals surface area contributed by atoms with Gasteiger partial charge in [-0.25, -0.2) is 15.0 Å². The Labute approximate surface area is 261 Å². The van der Waals surface area contributed by atoms with Crippen LogP contribution in [0.4, 0.5) is 0 Å². The van der Waals surface area contributed by atoms with Crippen molar-refractivity contribution in [1.82, 2.24) is 19.9 Å². The van der Waals surface area contributed by atoms with E-state index in [0.29, 0.717) is 23.1 Å². The highest BCUT2D eigenvalue weighted by Crippen LogP contribution is 2.40. The van der Waals surface area contributed by atoms with Gasteiger partial charge in [-0.15, -0.1) is 0 Å². The molecule has 4 heterocycles. The van der Waals surface area contributed by atoms with Crippen LogP contribution in [0.2, 0.25) is 0 Å². The van der Waals surface area contributed by atoms with Crippen molar-refractivity contribution in [3.8, 4) is 34.2 Å². The smallest absolute Gasteiger partial charge is 0.167 e. The molecule has 0 aliphatic rings. The summed E-state index contributed by atoms with van der Waals surface area (Å²) in [7, 11) is 0. The molecule has 6 heteroatoms. The molecule has 6 aromatic carbocycles. The Balaban J connectivity index is 1.27. The van der Waals surface area contributed by atoms with Crippen molar-refractivity contribution in [3.05, 3.63) is 134 Å². The molecule has 10 rings (SSSR count). The molecule has 46 heavy (non-hydrogen) atoms. The van der Waals surface area contributed by atoms with Crippen molar-refractivity contribution in [2.24, 2.45) is 0 Å². The fraction of sp³-hybridized carbons (Fsp3) is 0. The van der Waals surface area contributed by atoms with Gasteiger partial charge in [0.2, 0.25) is 0 Å². The van der Waals surface area contributed by atoms with Crippen LogP contribution in [-0.4, -0.2) is 19.9 Å². The van der Waals surface area contributed by atoms with Gasteiger partial charge in [0.05, 0.1) is 16.5 Å². The predicted molar refractivity (Wildman–Crippen MR) is 183 cm³/mol. The standard InChI is InChI=1S/C40H22N4O2/c1-2-9-24-20-26(16-15-23(24)8-1)38-42-39(27-17-18-34-30(22-27)28-11-3-5-13-32(28)45-34)44-40(43-38)31-21-25-10-7-19-41-36(25)35-29-12-4-6-14-33(29)46-37(31)35/h1-22H. The van der Waals surface area contributed by atoms with Gasteiger partial charge in [0, 0.05) is 38.9 Å². The van der Waals surface area contributed by atoms with E-state index in [4.69, 9.17) is 28.8 Å². The lowest BCUT2D eigenvalue weighted by atomic mass is 10.0. The minimum atomic E-state index is 0.528. The van der Waals surface area contributed by atoms with Gasteiger partial charge in [0.15, 0.2) is 17.5 Å². The molecule has 0 fully saturated rings. The van der Waals surface area contributed by atoms with Gasteiger partial charge in [-0.2, -0.15) is 0 Å². The summed E-state index contributed by atoms with van der Waals surface area (Å²) in [4.78, 5) is 20.1. The van der Waals surface area contributed by atoms with E-state index in [1.807, 2.05) is 72.9 Å². The molecule has 0 bridgehead atoms. The first kappa shape index (κ1) is 25.0. The van der Waals surface area contributed by atoms with Crippen LogP contribution in [-0.2, 0) is 0 Å². The molecule has 0 saturated carbocycles. The third-order valence-corrected chi connectivity index (χ3v) is 8.73. The number of hydrogen-bond acceptors (Lipinski definition) is 6. The van der Waals surface area contributed by atoms with E-state index in [1.165, 1.54) is 0 Å². The van der Waals surface area contributed by atoms with E-state index in [-0.39, 0.29) is 0 Å². The monoisotopic (exact) mass is 590 g/mol. The minimum absolute atomic E-state index is 0.528. The Morgan fingerprint density at radius 1 is 0.435 bits per heavy atom. The van der Waals surface area contributed by atoms with Gasteiger partial charge in [0.1, 0.15) is 22.3 Å². The summed E-state index contributed by atoms with van der Waals surface area (Å²) in [6, 6.07) is 42.9. The molecule has 0 spiro atoms. The lowest BCUT2D eigenvalue weighted by molar-refractivity contribution is 0.669. The molecule has 4 aromatic heterocycles. The number of rotatable bonds is 3. The normalized spacial score (nSPS) is 11.9. The van der Waals surface area contributed by atoms with E-state index < -0.39 is 0 Å². The van der Waals surface area contributed by atoms with E-state index in [0.717, 1.165) is 76.7 Å². The lowest BCUT2D eigenvalue weighted by Gasteiger charge is -2.10. The predicted octanol–water partition coefficient (Wildman–Crippen LogP) is 10.4. The zero-order valence-electron chi connectivity index (χ0n) is 24.3. The Hall–Kier alpha value is -6.40. The number of furan rings is 2. The first-order chi connectivity index (χ1) is 22.8. The number of pyridine rings is 1. The molecule has 0 N–H and O–H groups in total. The molecule has 0 unspecified atom stereocenters. The molecule has 6 nitrogen and oxygen atoms in total. The van der Waals surface area contributed by atoms with Gasteiger partial charge < -0.3 is 8.83 Å². The second-order valence-corrected chi connectivity index (χ2v) is 11.5. The largest absolute Gasteiger partial charge is 0.456 e. The van der Waals surface area contributed by atoms with Crippen LogP contribution in [0.5, 0.6) is 0 Å². The molecule has 0 amide bonds. The second kappa shape index (κ2) is 9.55. The fourth-order valence-electron chi connectivity index (χ4n) is 6.55. The summed E-state index contributed by atoms with van der Waals surface area (Å²) in [6.45, 7) is 0. The SMILES string of the molecule is c1ccc2cc(-c3nc(-c4ccc5oc6ccccc6c5c4)nc(-c4cc5cccnc5c5c4oc4ccccc45)n3)ccc2c1. The van der Waals surface area contributed by atoms with Gasteiger partial charge in [-0.1, -0.05) is 78.9 Å². The van der Waals surface area contributed by atoms with Crippen LogP contribution >= 0.6 is 0 Å². The minimum Gasteiger partial charge on any atom is -0.456 e. The first-order valence-corrected chi connectivity index (χ1v) is 15.1. The van der Waals surface area contributed by atoms with Crippen molar-refractivity contribution >= 4 is 65.6 Å². The fourth-order valence-corrected chi connectivity index (χ4v) is 6.55. The molecule has 214 valence electrons. The second-order valence-electron chi connectivity index (χ2n) is 11.5. The molecule has 0 saturated heterocycles. The Kier molecular flexibility index (Phi) is 5.19. The number of aromatic nitrogens is 4. The zero-order valence-corrected chi connectivity index (χ0v) is 24.3. The molecule has 10 aromatic rings. The summed E-state index contributed by atoms with van der Waals surface area (Å²) >= 11 is 0. The Morgan fingerprint density at radius 2 is 1.09 bits per heavy atom. The third kappa shape index (κ3) is 3.77. The number of para-hydroxylation sites is 2. The van der Waals surface area contributed by atoms with Crippen LogP contribution in [0.15, 0.2) is 142 Å². The van der Waals surface area contributed by atoms with Crippen LogP contribution < -0.4 is 0 Å². The number of nitrogens with zero attached hydrogens (tertiary/aromatic N) is 4. The zero-order chi connectivity index (χ0) is 30.2. The number of benzene rings is 6. The molecular formula is C40H22N4O2. The maximum atomic E-state index is 6.54. The van der Waals surface area contributed by atoms with Gasteiger partial charge in [-0.05, 0) is 59.3 Å². The number of hydrogen-bond donors (Lipinski definition) is 0. The molecule has 0 atom stereocenters. The average Bonchev–Trinajstić information content (AvgIpc) is 3.70. The van der Waals surface area contributed by atoms with Crippen molar-refractivity contribution in [2.75, 3.05) is 0 Å². The van der Waals surface area contributed by atoms with Crippen LogP contribution in [0, 0.1) is 0 Å². The van der Waals surface area contributed by atoms with E-state index in [9.17, 15) is 0 Å². The summed E-state index contributed by atoms with van der Waals surface area (Å²) in [5.74, 6) is 1.68. The topological polar surface area (TPSA) is 77.8 Å². The third-order valence-electron chi connectivity index (χ3n) is 8.73. The van der Waals surface area contributed by atoms with Crippen molar-refractivity contribution in [2.45, 2.75) is 0 Å². The van der Waals surface area contributed by atoms with Gasteiger partial charge in [-0.3, -0.25) is 4.98 Å². The number of fused-ring (bicyclic) bond motifs is 9.